The van der Waals surface area contributed by atoms with E-state index in [2.05, 4.69) is 5.16 Å². The third-order valence-electron chi connectivity index (χ3n) is 5.54. The summed E-state index contributed by atoms with van der Waals surface area (Å²) in [5.41, 5.74) is 2.25. The summed E-state index contributed by atoms with van der Waals surface area (Å²) in [6.07, 6.45) is -4.00. The van der Waals surface area contributed by atoms with Gasteiger partial charge in [0, 0.05) is 39.2 Å². The van der Waals surface area contributed by atoms with Crippen molar-refractivity contribution in [1.29, 1.82) is 0 Å². The van der Waals surface area contributed by atoms with Crippen LogP contribution in [0.1, 0.15) is 50.3 Å². The van der Waals surface area contributed by atoms with Gasteiger partial charge in [0.05, 0.1) is 17.8 Å². The highest BCUT2D eigenvalue weighted by Gasteiger charge is 2.32. The fourth-order valence-corrected chi connectivity index (χ4v) is 3.78. The number of benzene rings is 2. The van der Waals surface area contributed by atoms with Crippen LogP contribution in [0.2, 0.25) is 0 Å². The fraction of sp³-hybridized carbons (Fsp3) is 0.462. The summed E-state index contributed by atoms with van der Waals surface area (Å²) in [6, 6.07) is 13.1. The van der Waals surface area contributed by atoms with Crippen LogP contribution < -0.4 is 4.90 Å². The maximum atomic E-state index is 13.2. The van der Waals surface area contributed by atoms with E-state index in [1.54, 1.807) is 11.0 Å². The van der Waals surface area contributed by atoms with E-state index in [1.165, 1.54) is 6.07 Å². The van der Waals surface area contributed by atoms with E-state index in [9.17, 15) is 18.0 Å². The SMILES string of the molecule is CN(C)c1ccc(C2=NO[C@H](CN(Cc3cccc(C(F)(F)F)c3)C(=O)CC(C)(C)C)C2)cc1. The van der Waals surface area contributed by atoms with Gasteiger partial charge in [0.25, 0.3) is 0 Å². The van der Waals surface area contributed by atoms with Gasteiger partial charge in [-0.3, -0.25) is 4.79 Å². The molecule has 0 aliphatic carbocycles. The van der Waals surface area contributed by atoms with Gasteiger partial charge < -0.3 is 14.6 Å². The lowest BCUT2D eigenvalue weighted by atomic mass is 9.91. The summed E-state index contributed by atoms with van der Waals surface area (Å²) in [5.74, 6) is -0.128. The molecule has 8 heteroatoms. The number of halogens is 3. The molecule has 0 bridgehead atoms. The molecule has 0 saturated heterocycles. The smallest absolute Gasteiger partial charge is 0.390 e. The van der Waals surface area contributed by atoms with Crippen LogP contribution in [-0.4, -0.2) is 43.3 Å². The number of alkyl halides is 3. The number of hydrogen-bond acceptors (Lipinski definition) is 4. The summed E-state index contributed by atoms with van der Waals surface area (Å²) in [5, 5.41) is 4.22. The molecule has 1 atom stereocenters. The number of rotatable bonds is 7. The molecule has 0 saturated carbocycles. The van der Waals surface area contributed by atoms with Crippen molar-refractivity contribution >= 4 is 17.3 Å². The quantitative estimate of drug-likeness (QED) is 0.514. The summed E-state index contributed by atoms with van der Waals surface area (Å²) in [7, 11) is 3.93. The topological polar surface area (TPSA) is 45.1 Å². The molecule has 5 nitrogen and oxygen atoms in total. The highest BCUT2D eigenvalue weighted by molar-refractivity contribution is 6.01. The molecule has 1 aliphatic rings. The maximum Gasteiger partial charge on any atom is 0.416 e. The average Bonchev–Trinajstić information content (AvgIpc) is 3.20. The Balaban J connectivity index is 1.73. The first-order valence-electron chi connectivity index (χ1n) is 11.3. The molecule has 184 valence electrons. The third-order valence-corrected chi connectivity index (χ3v) is 5.54. The molecule has 2 aromatic rings. The predicted molar refractivity (Wildman–Crippen MR) is 128 cm³/mol. The molecule has 0 spiro atoms. The average molecular weight is 476 g/mol. The first kappa shape index (κ1) is 25.6. The highest BCUT2D eigenvalue weighted by atomic mass is 19.4. The molecular weight excluding hydrogens is 443 g/mol. The summed E-state index contributed by atoms with van der Waals surface area (Å²) >= 11 is 0. The van der Waals surface area contributed by atoms with E-state index in [0.717, 1.165) is 29.1 Å². The molecule has 1 heterocycles. The first-order chi connectivity index (χ1) is 15.8. The second-order valence-electron chi connectivity index (χ2n) is 10.1. The van der Waals surface area contributed by atoms with Gasteiger partial charge in [-0.1, -0.05) is 50.2 Å². The van der Waals surface area contributed by atoms with Gasteiger partial charge in [0.1, 0.15) is 0 Å². The van der Waals surface area contributed by atoms with Gasteiger partial charge in [-0.25, -0.2) is 0 Å². The summed E-state index contributed by atoms with van der Waals surface area (Å²) in [6.45, 7) is 6.19. The Morgan fingerprint density at radius 1 is 1.09 bits per heavy atom. The van der Waals surface area contributed by atoms with Crippen molar-refractivity contribution in [2.45, 2.75) is 52.4 Å². The van der Waals surface area contributed by atoms with Crippen LogP contribution in [0.3, 0.4) is 0 Å². The minimum absolute atomic E-state index is 0.0750. The normalized spacial score (nSPS) is 16.1. The van der Waals surface area contributed by atoms with E-state index in [-0.39, 0.29) is 36.9 Å². The van der Waals surface area contributed by atoms with E-state index >= 15 is 0 Å². The van der Waals surface area contributed by atoms with Crippen molar-refractivity contribution in [3.63, 3.8) is 0 Å². The third kappa shape index (κ3) is 6.98. The zero-order valence-corrected chi connectivity index (χ0v) is 20.3. The number of amides is 1. The fourth-order valence-electron chi connectivity index (χ4n) is 3.78. The van der Waals surface area contributed by atoms with Crippen LogP contribution in [0, 0.1) is 5.41 Å². The zero-order chi connectivity index (χ0) is 25.1. The monoisotopic (exact) mass is 475 g/mol. The van der Waals surface area contributed by atoms with Crippen LogP contribution in [0.4, 0.5) is 18.9 Å². The van der Waals surface area contributed by atoms with E-state index < -0.39 is 11.7 Å². The van der Waals surface area contributed by atoms with Crippen LogP contribution in [-0.2, 0) is 22.4 Å². The molecule has 2 aromatic carbocycles. The standard InChI is InChI=1S/C26H32F3N3O2/c1-25(2,3)15-24(33)32(16-18-7-6-8-20(13-18)26(27,28)29)17-22-14-23(30-34-22)19-9-11-21(12-10-19)31(4)5/h6-13,22H,14-17H2,1-5H3/t22-/m0/s1. The van der Waals surface area contributed by atoms with E-state index in [1.807, 2.05) is 64.0 Å². The van der Waals surface area contributed by atoms with E-state index in [4.69, 9.17) is 4.84 Å². The minimum atomic E-state index is -4.43. The Morgan fingerprint density at radius 2 is 1.76 bits per heavy atom. The minimum Gasteiger partial charge on any atom is -0.390 e. The summed E-state index contributed by atoms with van der Waals surface area (Å²) in [4.78, 5) is 22.3. The summed E-state index contributed by atoms with van der Waals surface area (Å²) < 4.78 is 39.5. The highest BCUT2D eigenvalue weighted by Crippen LogP contribution is 2.30. The van der Waals surface area contributed by atoms with Crippen LogP contribution in [0.15, 0.2) is 53.7 Å². The van der Waals surface area contributed by atoms with Gasteiger partial charge >= 0.3 is 6.18 Å². The molecule has 0 unspecified atom stereocenters. The van der Waals surface area contributed by atoms with Crippen molar-refractivity contribution in [1.82, 2.24) is 4.90 Å². The molecule has 34 heavy (non-hydrogen) atoms. The Bertz CT molecular complexity index is 1020. The Hall–Kier alpha value is -3.03. The van der Waals surface area contributed by atoms with Crippen molar-refractivity contribution in [3.05, 3.63) is 65.2 Å². The molecule has 0 fully saturated rings. The van der Waals surface area contributed by atoms with Crippen molar-refractivity contribution < 1.29 is 22.8 Å². The molecule has 0 aromatic heterocycles. The lowest BCUT2D eigenvalue weighted by molar-refractivity contribution is -0.137. The molecule has 0 radical (unpaired) electrons. The van der Waals surface area contributed by atoms with Crippen molar-refractivity contribution in [3.8, 4) is 0 Å². The van der Waals surface area contributed by atoms with Gasteiger partial charge in [-0.2, -0.15) is 13.2 Å². The van der Waals surface area contributed by atoms with E-state index in [0.29, 0.717) is 12.0 Å². The predicted octanol–water partition coefficient (Wildman–Crippen LogP) is 5.73. The molecule has 1 aliphatic heterocycles. The molecular formula is C26H32F3N3O2. The van der Waals surface area contributed by atoms with Crippen LogP contribution in [0.25, 0.3) is 0 Å². The second-order valence-corrected chi connectivity index (χ2v) is 10.1. The number of nitrogens with zero attached hydrogens (tertiary/aromatic N) is 3. The lowest BCUT2D eigenvalue weighted by Gasteiger charge is -2.28. The molecule has 3 rings (SSSR count). The zero-order valence-electron chi connectivity index (χ0n) is 20.3. The molecule has 0 N–H and O–H groups in total. The van der Waals surface area contributed by atoms with Crippen molar-refractivity contribution in [2.24, 2.45) is 10.6 Å². The number of carbonyl (C=O) groups excluding carboxylic acids is 1. The molecule has 1 amide bonds. The largest absolute Gasteiger partial charge is 0.416 e. The first-order valence-corrected chi connectivity index (χ1v) is 11.3. The Labute approximate surface area is 199 Å². The Morgan fingerprint density at radius 3 is 2.35 bits per heavy atom. The number of carbonyl (C=O) groups is 1. The number of anilines is 1. The van der Waals surface area contributed by atoms with Gasteiger partial charge in [0.2, 0.25) is 5.91 Å². The van der Waals surface area contributed by atoms with Gasteiger partial charge in [0.15, 0.2) is 6.10 Å². The lowest BCUT2D eigenvalue weighted by Crippen LogP contribution is -2.38. The van der Waals surface area contributed by atoms with Crippen LogP contribution >= 0.6 is 0 Å². The van der Waals surface area contributed by atoms with Gasteiger partial charge in [-0.05, 0) is 40.8 Å². The van der Waals surface area contributed by atoms with Crippen molar-refractivity contribution in [2.75, 3.05) is 25.5 Å². The van der Waals surface area contributed by atoms with Gasteiger partial charge in [-0.15, -0.1) is 0 Å². The second kappa shape index (κ2) is 10.1. The Kier molecular flexibility index (Phi) is 7.58. The van der Waals surface area contributed by atoms with Crippen LogP contribution in [0.5, 0.6) is 0 Å². The number of hydrogen-bond donors (Lipinski definition) is 0. The number of oxime groups is 1. The maximum absolute atomic E-state index is 13.2.